The van der Waals surface area contributed by atoms with Crippen LogP contribution >= 0.6 is 23.5 Å². The van der Waals surface area contributed by atoms with Crippen LogP contribution in [-0.2, 0) is 4.74 Å². The summed E-state index contributed by atoms with van der Waals surface area (Å²) in [7, 11) is 0. The second-order valence-electron chi connectivity index (χ2n) is 5.22. The molecule has 0 aromatic rings. The molecule has 4 heteroatoms. The van der Waals surface area contributed by atoms with Crippen LogP contribution in [0.15, 0.2) is 12.2 Å². The second-order valence-corrected chi connectivity index (χ2v) is 8.14. The van der Waals surface area contributed by atoms with Crippen LogP contribution in [0.4, 0.5) is 0 Å². The Balaban J connectivity index is 1.86. The Morgan fingerprint density at radius 1 is 1.39 bits per heavy atom. The van der Waals surface area contributed by atoms with Gasteiger partial charge in [-0.15, -0.1) is 23.5 Å². The average molecular weight is 288 g/mol. The summed E-state index contributed by atoms with van der Waals surface area (Å²) in [6.07, 6.45) is 4.69. The summed E-state index contributed by atoms with van der Waals surface area (Å²) in [5.41, 5.74) is 1.30. The van der Waals surface area contributed by atoms with Crippen LogP contribution < -0.4 is 0 Å². The molecule has 0 amide bonds. The van der Waals surface area contributed by atoms with Gasteiger partial charge in [0.05, 0.1) is 16.8 Å². The molecule has 2 saturated heterocycles. The number of ether oxygens (including phenoxy) is 1. The Hall–Kier alpha value is 0.360. The predicted octanol–water partition coefficient (Wildman–Crippen LogP) is 3.30. The first kappa shape index (κ1) is 14.8. The van der Waals surface area contributed by atoms with E-state index in [2.05, 4.69) is 37.0 Å². The van der Waals surface area contributed by atoms with Crippen molar-refractivity contribution in [3.8, 4) is 0 Å². The Kier molecular flexibility index (Phi) is 5.93. The van der Waals surface area contributed by atoms with E-state index in [1.54, 1.807) is 0 Å². The number of rotatable bonds is 4. The van der Waals surface area contributed by atoms with E-state index in [0.717, 1.165) is 19.3 Å². The molecule has 2 fully saturated rings. The summed E-state index contributed by atoms with van der Waals surface area (Å²) in [5, 5.41) is 9.11. The highest BCUT2D eigenvalue weighted by Crippen LogP contribution is 2.38. The lowest BCUT2D eigenvalue weighted by atomic mass is 9.87. The highest BCUT2D eigenvalue weighted by Gasteiger charge is 2.32. The standard InChI is InChI=1S/C14H24O2S2/c1-10-8-12(9-14-17-6-3-7-18-14)16-13(4-5-15)11(10)2/h11-15H,1,3-9H2,2H3/t11-,12+,13-/m1/s1. The molecular formula is C14H24O2S2. The van der Waals surface area contributed by atoms with Gasteiger partial charge in [-0.1, -0.05) is 19.1 Å². The normalized spacial score (nSPS) is 34.8. The molecule has 0 radical (unpaired) electrons. The molecule has 2 aliphatic heterocycles. The van der Waals surface area contributed by atoms with E-state index < -0.39 is 0 Å². The monoisotopic (exact) mass is 288 g/mol. The summed E-state index contributed by atoms with van der Waals surface area (Å²) in [6.45, 7) is 6.58. The highest BCUT2D eigenvalue weighted by molar-refractivity contribution is 8.17. The topological polar surface area (TPSA) is 29.5 Å². The summed E-state index contributed by atoms with van der Waals surface area (Å²) in [5.74, 6) is 2.98. The van der Waals surface area contributed by atoms with Gasteiger partial charge in [-0.2, -0.15) is 0 Å². The molecule has 104 valence electrons. The Labute approximate surface area is 119 Å². The van der Waals surface area contributed by atoms with Crippen LogP contribution in [0, 0.1) is 5.92 Å². The maximum absolute atomic E-state index is 9.11. The van der Waals surface area contributed by atoms with Crippen molar-refractivity contribution in [1.29, 1.82) is 0 Å². The van der Waals surface area contributed by atoms with Crippen molar-refractivity contribution in [2.45, 2.75) is 49.4 Å². The van der Waals surface area contributed by atoms with E-state index in [1.165, 1.54) is 23.5 Å². The summed E-state index contributed by atoms with van der Waals surface area (Å²) in [4.78, 5) is 0. The zero-order valence-electron chi connectivity index (χ0n) is 11.1. The molecule has 0 unspecified atom stereocenters. The average Bonchev–Trinajstić information content (AvgIpc) is 2.37. The zero-order valence-corrected chi connectivity index (χ0v) is 12.8. The maximum atomic E-state index is 9.11. The smallest absolute Gasteiger partial charge is 0.0663 e. The molecule has 0 spiro atoms. The minimum absolute atomic E-state index is 0.167. The number of aliphatic hydroxyl groups is 1. The van der Waals surface area contributed by atoms with Gasteiger partial charge in [0.25, 0.3) is 0 Å². The molecule has 2 aliphatic rings. The van der Waals surface area contributed by atoms with Gasteiger partial charge in [-0.3, -0.25) is 0 Å². The molecule has 0 aromatic heterocycles. The molecule has 0 bridgehead atoms. The van der Waals surface area contributed by atoms with Gasteiger partial charge in [0.15, 0.2) is 0 Å². The molecule has 0 aromatic carbocycles. The SMILES string of the molecule is C=C1C[C@@H](CC2SCCCS2)O[C@H](CCO)[C@@H]1C. The molecule has 1 N–H and O–H groups in total. The number of thioether (sulfide) groups is 2. The van der Waals surface area contributed by atoms with Crippen LogP contribution in [-0.4, -0.2) is 40.0 Å². The van der Waals surface area contributed by atoms with Crippen molar-refractivity contribution in [2.75, 3.05) is 18.1 Å². The van der Waals surface area contributed by atoms with Gasteiger partial charge in [0.1, 0.15) is 0 Å². The van der Waals surface area contributed by atoms with Crippen molar-refractivity contribution < 1.29 is 9.84 Å². The van der Waals surface area contributed by atoms with Gasteiger partial charge < -0.3 is 9.84 Å². The van der Waals surface area contributed by atoms with Crippen LogP contribution in [0.2, 0.25) is 0 Å². The number of aliphatic hydroxyl groups excluding tert-OH is 1. The van der Waals surface area contributed by atoms with Gasteiger partial charge in [0, 0.05) is 12.5 Å². The minimum atomic E-state index is 0.167. The van der Waals surface area contributed by atoms with E-state index in [4.69, 9.17) is 9.84 Å². The molecule has 2 rings (SSSR count). The number of hydrogen-bond acceptors (Lipinski definition) is 4. The van der Waals surface area contributed by atoms with E-state index in [0.29, 0.717) is 16.6 Å². The van der Waals surface area contributed by atoms with Crippen LogP contribution in [0.25, 0.3) is 0 Å². The van der Waals surface area contributed by atoms with Crippen molar-refractivity contribution in [2.24, 2.45) is 5.92 Å². The fourth-order valence-electron chi connectivity index (χ4n) is 2.63. The Morgan fingerprint density at radius 3 is 2.78 bits per heavy atom. The van der Waals surface area contributed by atoms with Gasteiger partial charge in [-0.05, 0) is 37.2 Å². The maximum Gasteiger partial charge on any atom is 0.0663 e. The minimum Gasteiger partial charge on any atom is -0.396 e. The van der Waals surface area contributed by atoms with Crippen molar-refractivity contribution >= 4 is 23.5 Å². The second kappa shape index (κ2) is 7.22. The third-order valence-electron chi connectivity index (χ3n) is 3.82. The van der Waals surface area contributed by atoms with Crippen LogP contribution in [0.1, 0.15) is 32.6 Å². The Bertz CT molecular complexity index is 275. The van der Waals surface area contributed by atoms with Gasteiger partial charge >= 0.3 is 0 Å². The van der Waals surface area contributed by atoms with Crippen molar-refractivity contribution in [3.05, 3.63) is 12.2 Å². The molecule has 3 atom stereocenters. The summed E-state index contributed by atoms with van der Waals surface area (Å²) < 4.78 is 6.86. The quantitative estimate of drug-likeness (QED) is 0.804. The van der Waals surface area contributed by atoms with Gasteiger partial charge in [-0.25, -0.2) is 0 Å². The molecular weight excluding hydrogens is 264 g/mol. The third kappa shape index (κ3) is 3.92. The lowest BCUT2D eigenvalue weighted by molar-refractivity contribution is -0.0657. The largest absolute Gasteiger partial charge is 0.396 e. The first-order chi connectivity index (χ1) is 8.70. The molecule has 0 saturated carbocycles. The van der Waals surface area contributed by atoms with Gasteiger partial charge in [0.2, 0.25) is 0 Å². The van der Waals surface area contributed by atoms with Crippen molar-refractivity contribution in [3.63, 3.8) is 0 Å². The van der Waals surface area contributed by atoms with E-state index >= 15 is 0 Å². The lowest BCUT2D eigenvalue weighted by Crippen LogP contribution is -2.37. The summed E-state index contributed by atoms with van der Waals surface area (Å²) in [6, 6.07) is 0. The third-order valence-corrected chi connectivity index (χ3v) is 6.82. The van der Waals surface area contributed by atoms with E-state index in [9.17, 15) is 0 Å². The number of hydrogen-bond donors (Lipinski definition) is 1. The van der Waals surface area contributed by atoms with Crippen LogP contribution in [0.3, 0.4) is 0 Å². The predicted molar refractivity (Wildman–Crippen MR) is 81.2 cm³/mol. The molecule has 2 heterocycles. The van der Waals surface area contributed by atoms with Crippen molar-refractivity contribution in [1.82, 2.24) is 0 Å². The summed E-state index contributed by atoms with van der Waals surface area (Å²) >= 11 is 4.15. The first-order valence-electron chi connectivity index (χ1n) is 6.88. The molecule has 2 nitrogen and oxygen atoms in total. The first-order valence-corrected chi connectivity index (χ1v) is 8.97. The highest BCUT2D eigenvalue weighted by atomic mass is 32.2. The van der Waals surface area contributed by atoms with E-state index in [-0.39, 0.29) is 12.7 Å². The van der Waals surface area contributed by atoms with E-state index in [1.807, 2.05) is 0 Å². The molecule has 18 heavy (non-hydrogen) atoms. The van der Waals surface area contributed by atoms with Crippen LogP contribution in [0.5, 0.6) is 0 Å². The fourth-order valence-corrected chi connectivity index (χ4v) is 5.62. The lowest BCUT2D eigenvalue weighted by Gasteiger charge is -2.38. The fraction of sp³-hybridized carbons (Fsp3) is 0.857. The molecule has 0 aliphatic carbocycles. The Morgan fingerprint density at radius 2 is 2.11 bits per heavy atom. The zero-order chi connectivity index (χ0) is 13.0.